The first kappa shape index (κ1) is 24.4. The highest BCUT2D eigenvalue weighted by Crippen LogP contribution is 2.34. The van der Waals surface area contributed by atoms with E-state index in [1.54, 1.807) is 25.1 Å². The van der Waals surface area contributed by atoms with Gasteiger partial charge >= 0.3 is 12.1 Å². The maximum Gasteiger partial charge on any atom is 0.409 e. The number of benzene rings is 1. The molecular formula is C23H18F3N7O3. The van der Waals surface area contributed by atoms with Crippen LogP contribution in [0.2, 0.25) is 0 Å². The van der Waals surface area contributed by atoms with E-state index in [4.69, 9.17) is 4.74 Å². The molecule has 2 aromatic heterocycles. The lowest BCUT2D eigenvalue weighted by Gasteiger charge is -2.23. The third kappa shape index (κ3) is 5.03. The number of nitrogens with one attached hydrogen (secondary N) is 2. The van der Waals surface area contributed by atoms with E-state index >= 15 is 0 Å². The van der Waals surface area contributed by atoms with E-state index < -0.39 is 18.2 Å². The number of methoxy groups -OCH3 is 1. The van der Waals surface area contributed by atoms with E-state index in [0.717, 1.165) is 16.6 Å². The number of aromatic carboxylic acids is 1. The van der Waals surface area contributed by atoms with Crippen molar-refractivity contribution in [3.8, 4) is 23.1 Å². The summed E-state index contributed by atoms with van der Waals surface area (Å²) in [5.74, 6) is -1.39. The summed E-state index contributed by atoms with van der Waals surface area (Å²) < 4.78 is 44.8. The Bertz CT molecular complexity index is 1400. The van der Waals surface area contributed by atoms with Gasteiger partial charge in [-0.05, 0) is 42.8 Å². The van der Waals surface area contributed by atoms with Crippen LogP contribution in [-0.4, -0.2) is 45.4 Å². The number of hydrazine groups is 1. The van der Waals surface area contributed by atoms with Crippen LogP contribution in [0.1, 0.15) is 21.5 Å². The summed E-state index contributed by atoms with van der Waals surface area (Å²) in [7, 11) is 1.27. The maximum atomic E-state index is 13.3. The van der Waals surface area contributed by atoms with Crippen molar-refractivity contribution >= 4 is 23.4 Å². The van der Waals surface area contributed by atoms with Crippen LogP contribution in [0.25, 0.3) is 11.1 Å². The van der Waals surface area contributed by atoms with E-state index in [2.05, 4.69) is 25.7 Å². The third-order valence-corrected chi connectivity index (χ3v) is 5.10. The summed E-state index contributed by atoms with van der Waals surface area (Å²) in [6.45, 7) is 1.80. The smallest absolute Gasteiger partial charge is 0.409 e. The highest BCUT2D eigenvalue weighted by Gasteiger charge is 2.41. The molecule has 3 heterocycles. The molecule has 36 heavy (non-hydrogen) atoms. The largest absolute Gasteiger partial charge is 0.480 e. The number of nitriles is 1. The Hall–Kier alpha value is -4.70. The zero-order chi connectivity index (χ0) is 26.0. The molecule has 3 N–H and O–H groups in total. The highest BCUT2D eigenvalue weighted by molar-refractivity contribution is 5.92. The van der Waals surface area contributed by atoms with Gasteiger partial charge in [-0.1, -0.05) is 0 Å². The number of carboxylic acid groups (broad SMARTS) is 1. The summed E-state index contributed by atoms with van der Waals surface area (Å²) in [4.78, 5) is 24.3. The van der Waals surface area contributed by atoms with Gasteiger partial charge in [-0.15, -0.1) is 0 Å². The van der Waals surface area contributed by atoms with Crippen LogP contribution in [0, 0.1) is 18.3 Å². The van der Waals surface area contributed by atoms with Crippen LogP contribution in [0.5, 0.6) is 5.88 Å². The van der Waals surface area contributed by atoms with Crippen LogP contribution in [0.15, 0.2) is 48.9 Å². The number of hydrogen-bond acceptors (Lipinski definition) is 9. The van der Waals surface area contributed by atoms with E-state index in [1.165, 1.54) is 31.8 Å². The van der Waals surface area contributed by atoms with Crippen molar-refractivity contribution < 1.29 is 27.8 Å². The molecule has 0 spiro atoms. The molecule has 0 radical (unpaired) electrons. The minimum atomic E-state index is -4.55. The predicted octanol–water partition coefficient (Wildman–Crippen LogP) is 3.94. The second-order valence-corrected chi connectivity index (χ2v) is 7.70. The number of aromatic nitrogens is 3. The summed E-state index contributed by atoms with van der Waals surface area (Å²) in [6.07, 6.45) is 0.183. The lowest BCUT2D eigenvalue weighted by Crippen LogP contribution is -2.44. The fourth-order valence-electron chi connectivity index (χ4n) is 3.51. The first-order valence-corrected chi connectivity index (χ1v) is 10.3. The van der Waals surface area contributed by atoms with Crippen molar-refractivity contribution in [2.45, 2.75) is 19.1 Å². The fourth-order valence-corrected chi connectivity index (χ4v) is 3.51. The Morgan fingerprint density at radius 3 is 2.67 bits per heavy atom. The average molecular weight is 497 g/mol. The van der Waals surface area contributed by atoms with Gasteiger partial charge in [0.25, 0.3) is 0 Å². The number of carbonyl (C=O) groups is 1. The topological polar surface area (TPSA) is 136 Å². The predicted molar refractivity (Wildman–Crippen MR) is 123 cm³/mol. The fraction of sp³-hybridized carbons (Fsp3) is 0.174. The monoisotopic (exact) mass is 497 g/mol. The first-order chi connectivity index (χ1) is 17.1. The molecule has 1 aliphatic rings. The molecule has 13 heteroatoms. The lowest BCUT2D eigenvalue weighted by molar-refractivity contribution is -0.142. The van der Waals surface area contributed by atoms with Gasteiger partial charge in [0.05, 0.1) is 18.7 Å². The molecular weight excluding hydrogens is 479 g/mol. The quantitative estimate of drug-likeness (QED) is 0.459. The van der Waals surface area contributed by atoms with Crippen molar-refractivity contribution in [3.63, 3.8) is 0 Å². The highest BCUT2D eigenvalue weighted by atomic mass is 19.4. The van der Waals surface area contributed by atoms with Gasteiger partial charge in [0.1, 0.15) is 11.6 Å². The Kier molecular flexibility index (Phi) is 6.45. The van der Waals surface area contributed by atoms with Gasteiger partial charge in [-0.2, -0.15) is 23.4 Å². The standard InChI is InChI=1S/C23H18F3N7O3/c1-12-5-13(9-27)7-15(6-12)30-22-29-11-17(14-8-16(21(34)35)20(36-2)28-10-14)19(31-22)33-4-3-18(32-33)23(24,25)26/h3-8,10-11,18,32H,1-2H3,(H,34,35)(H,29,30,31). The Morgan fingerprint density at radius 2 is 2.03 bits per heavy atom. The number of rotatable bonds is 6. The zero-order valence-corrected chi connectivity index (χ0v) is 18.8. The average Bonchev–Trinajstić information content (AvgIpc) is 3.34. The molecule has 0 saturated carbocycles. The molecule has 0 aliphatic carbocycles. The SMILES string of the molecule is COc1ncc(-c2cnc(Nc3cc(C)cc(C#N)c3)nc2N2C=CC(C(F)(F)F)N2)cc1C(=O)O. The van der Waals surface area contributed by atoms with Crippen LogP contribution in [-0.2, 0) is 0 Å². The molecule has 0 fully saturated rings. The minimum absolute atomic E-state index is 0.00645. The first-order valence-electron chi connectivity index (χ1n) is 10.3. The summed E-state index contributed by atoms with van der Waals surface area (Å²) >= 11 is 0. The van der Waals surface area contributed by atoms with Crippen molar-refractivity contribution in [3.05, 3.63) is 65.6 Å². The van der Waals surface area contributed by atoms with Crippen LogP contribution in [0.4, 0.5) is 30.6 Å². The summed E-state index contributed by atoms with van der Waals surface area (Å²) in [6, 6.07) is 6.37. The molecule has 4 rings (SSSR count). The Labute approximate surface area is 202 Å². The van der Waals surface area contributed by atoms with E-state index in [1.807, 2.05) is 6.07 Å². The van der Waals surface area contributed by atoms with E-state index in [-0.39, 0.29) is 34.3 Å². The molecule has 1 aliphatic heterocycles. The molecule has 3 aromatic rings. The third-order valence-electron chi connectivity index (χ3n) is 5.10. The number of hydrogen-bond donors (Lipinski definition) is 3. The van der Waals surface area contributed by atoms with Crippen LogP contribution < -0.4 is 20.5 Å². The molecule has 184 valence electrons. The maximum absolute atomic E-state index is 13.3. The molecule has 1 atom stereocenters. The molecule has 0 amide bonds. The number of alkyl halides is 3. The van der Waals surface area contributed by atoms with E-state index in [9.17, 15) is 28.3 Å². The minimum Gasteiger partial charge on any atom is -0.480 e. The summed E-state index contributed by atoms with van der Waals surface area (Å²) in [5.41, 5.74) is 4.22. The number of anilines is 3. The number of nitrogens with zero attached hydrogens (tertiary/aromatic N) is 5. The van der Waals surface area contributed by atoms with E-state index in [0.29, 0.717) is 11.3 Å². The molecule has 10 nitrogen and oxygen atoms in total. The Balaban J connectivity index is 1.79. The second kappa shape index (κ2) is 9.51. The number of ether oxygens (including phenoxy) is 1. The number of aryl methyl sites for hydroxylation is 1. The second-order valence-electron chi connectivity index (χ2n) is 7.70. The molecule has 1 unspecified atom stereocenters. The van der Waals surface area contributed by atoms with Gasteiger partial charge in [-0.3, -0.25) is 5.01 Å². The summed E-state index contributed by atoms with van der Waals surface area (Å²) in [5, 5.41) is 22.7. The zero-order valence-electron chi connectivity index (χ0n) is 18.8. The number of halogens is 3. The number of carboxylic acids is 1. The Morgan fingerprint density at radius 1 is 1.25 bits per heavy atom. The van der Waals surface area contributed by atoms with Gasteiger partial charge < -0.3 is 15.2 Å². The van der Waals surface area contributed by atoms with Gasteiger partial charge in [0, 0.05) is 35.4 Å². The normalized spacial score (nSPS) is 15.0. The molecule has 0 saturated heterocycles. The van der Waals surface area contributed by atoms with Crippen LogP contribution >= 0.6 is 0 Å². The van der Waals surface area contributed by atoms with Crippen molar-refractivity contribution in [1.29, 1.82) is 5.26 Å². The van der Waals surface area contributed by atoms with Crippen molar-refractivity contribution in [1.82, 2.24) is 20.4 Å². The molecule has 1 aromatic carbocycles. The lowest BCUT2D eigenvalue weighted by atomic mass is 10.1. The van der Waals surface area contributed by atoms with Gasteiger partial charge in [-0.25, -0.2) is 20.2 Å². The number of pyridine rings is 1. The van der Waals surface area contributed by atoms with Crippen molar-refractivity contribution in [2.75, 3.05) is 17.4 Å². The van der Waals surface area contributed by atoms with Crippen molar-refractivity contribution in [2.24, 2.45) is 0 Å². The van der Waals surface area contributed by atoms with Gasteiger partial charge in [0.2, 0.25) is 11.8 Å². The van der Waals surface area contributed by atoms with Gasteiger partial charge in [0.15, 0.2) is 5.82 Å². The molecule has 0 bridgehead atoms. The van der Waals surface area contributed by atoms with Crippen LogP contribution in [0.3, 0.4) is 0 Å².